The van der Waals surface area contributed by atoms with Crippen molar-refractivity contribution in [3.63, 3.8) is 0 Å². The number of aryl methyl sites for hydroxylation is 2. The van der Waals surface area contributed by atoms with Gasteiger partial charge in [0, 0.05) is 11.4 Å². The Bertz CT molecular complexity index is 726. The second kappa shape index (κ2) is 8.11. The number of hydrogen-bond acceptors (Lipinski definition) is 3. The van der Waals surface area contributed by atoms with Crippen LogP contribution in [0.1, 0.15) is 52.0 Å². The van der Waals surface area contributed by atoms with Crippen molar-refractivity contribution in [3.05, 3.63) is 57.0 Å². The Morgan fingerprint density at radius 1 is 1.32 bits per heavy atom. The Morgan fingerprint density at radius 3 is 2.76 bits per heavy atom. The van der Waals surface area contributed by atoms with E-state index in [1.54, 1.807) is 23.5 Å². The highest BCUT2D eigenvalue weighted by Crippen LogP contribution is 2.28. The van der Waals surface area contributed by atoms with E-state index in [1.165, 1.54) is 22.6 Å². The van der Waals surface area contributed by atoms with Crippen LogP contribution < -0.4 is 0 Å². The fourth-order valence-electron chi connectivity index (χ4n) is 3.18. The van der Waals surface area contributed by atoms with Crippen molar-refractivity contribution < 1.29 is 13.9 Å². The van der Waals surface area contributed by atoms with E-state index in [2.05, 4.69) is 19.9 Å². The Hall–Kier alpha value is -1.72. The van der Waals surface area contributed by atoms with E-state index in [0.717, 1.165) is 29.7 Å². The highest BCUT2D eigenvalue weighted by atomic mass is 32.1. The van der Waals surface area contributed by atoms with E-state index >= 15 is 0 Å². The van der Waals surface area contributed by atoms with E-state index in [1.807, 2.05) is 4.90 Å². The van der Waals surface area contributed by atoms with E-state index in [9.17, 15) is 9.18 Å². The van der Waals surface area contributed by atoms with E-state index < -0.39 is 0 Å². The van der Waals surface area contributed by atoms with Crippen molar-refractivity contribution in [1.29, 1.82) is 0 Å². The third-order valence-corrected chi connectivity index (χ3v) is 5.79. The van der Waals surface area contributed by atoms with Gasteiger partial charge in [-0.3, -0.25) is 4.79 Å². The van der Waals surface area contributed by atoms with E-state index in [4.69, 9.17) is 4.74 Å². The maximum atomic E-state index is 13.1. The maximum Gasteiger partial charge on any atom is 0.264 e. The van der Waals surface area contributed by atoms with Gasteiger partial charge in [-0.1, -0.05) is 32.4 Å². The van der Waals surface area contributed by atoms with Gasteiger partial charge in [-0.15, -0.1) is 11.3 Å². The van der Waals surface area contributed by atoms with Crippen molar-refractivity contribution in [1.82, 2.24) is 4.90 Å². The van der Waals surface area contributed by atoms with Crippen LogP contribution in [-0.4, -0.2) is 30.5 Å². The molecule has 1 unspecified atom stereocenters. The van der Waals surface area contributed by atoms with Gasteiger partial charge in [0.15, 0.2) is 0 Å². The van der Waals surface area contributed by atoms with E-state index in [-0.39, 0.29) is 17.8 Å². The SMILES string of the molecule is CCCc1sc(C(=O)N2CCOC(c3ccc(F)cc3)C2)cc1CC. The van der Waals surface area contributed by atoms with Crippen LogP contribution in [-0.2, 0) is 17.6 Å². The molecule has 0 saturated carbocycles. The lowest BCUT2D eigenvalue weighted by Crippen LogP contribution is -2.42. The first kappa shape index (κ1) is 18.1. The second-order valence-corrected chi connectivity index (χ2v) is 7.46. The smallest absolute Gasteiger partial charge is 0.264 e. The number of benzene rings is 1. The molecule has 1 saturated heterocycles. The summed E-state index contributed by atoms with van der Waals surface area (Å²) in [6.07, 6.45) is 2.88. The average Bonchev–Trinajstić information content (AvgIpc) is 3.05. The van der Waals surface area contributed by atoms with Gasteiger partial charge in [0.25, 0.3) is 5.91 Å². The van der Waals surface area contributed by atoms with Gasteiger partial charge in [0.1, 0.15) is 11.9 Å². The number of amides is 1. The molecule has 0 radical (unpaired) electrons. The summed E-state index contributed by atoms with van der Waals surface area (Å²) in [5.74, 6) is -0.181. The minimum atomic E-state index is -0.262. The number of rotatable bonds is 5. The zero-order valence-electron chi connectivity index (χ0n) is 14.8. The number of hydrogen-bond donors (Lipinski definition) is 0. The summed E-state index contributed by atoms with van der Waals surface area (Å²) in [4.78, 5) is 16.9. The van der Waals surface area contributed by atoms with E-state index in [0.29, 0.717) is 19.7 Å². The average molecular weight is 361 g/mol. The molecule has 0 spiro atoms. The molecule has 1 fully saturated rings. The van der Waals surface area contributed by atoms with Gasteiger partial charge >= 0.3 is 0 Å². The first-order chi connectivity index (χ1) is 12.1. The van der Waals surface area contributed by atoms with Crippen LogP contribution >= 0.6 is 11.3 Å². The first-order valence-electron chi connectivity index (χ1n) is 8.90. The standard InChI is InChI=1S/C20H24FNO2S/c1-3-5-18-14(4-2)12-19(25-18)20(23)22-10-11-24-17(13-22)15-6-8-16(21)9-7-15/h6-9,12,17H,3-5,10-11,13H2,1-2H3. The molecule has 25 heavy (non-hydrogen) atoms. The van der Waals surface area contributed by atoms with Crippen LogP contribution in [0, 0.1) is 5.82 Å². The summed E-state index contributed by atoms with van der Waals surface area (Å²) in [7, 11) is 0. The van der Waals surface area contributed by atoms with Gasteiger partial charge in [0.2, 0.25) is 0 Å². The molecule has 1 aliphatic rings. The van der Waals surface area contributed by atoms with Crippen molar-refractivity contribution in [2.75, 3.05) is 19.7 Å². The predicted octanol–water partition coefficient (Wildman–Crippen LogP) is 4.62. The molecule has 1 aromatic heterocycles. The molecule has 1 amide bonds. The summed E-state index contributed by atoms with van der Waals surface area (Å²) in [6, 6.07) is 8.38. The lowest BCUT2D eigenvalue weighted by atomic mass is 10.1. The van der Waals surface area contributed by atoms with Crippen LogP contribution in [0.2, 0.25) is 0 Å². The zero-order chi connectivity index (χ0) is 17.8. The highest BCUT2D eigenvalue weighted by molar-refractivity contribution is 7.14. The summed E-state index contributed by atoms with van der Waals surface area (Å²) >= 11 is 1.63. The van der Waals surface area contributed by atoms with Crippen LogP contribution in [0.15, 0.2) is 30.3 Å². The summed E-state index contributed by atoms with van der Waals surface area (Å²) in [6.45, 7) is 5.90. The summed E-state index contributed by atoms with van der Waals surface area (Å²) < 4.78 is 18.9. The molecule has 5 heteroatoms. The summed E-state index contributed by atoms with van der Waals surface area (Å²) in [5, 5.41) is 0. The molecule has 0 bridgehead atoms. The number of morpholine rings is 1. The Balaban J connectivity index is 1.74. The first-order valence-corrected chi connectivity index (χ1v) is 9.72. The number of ether oxygens (including phenoxy) is 1. The van der Waals surface area contributed by atoms with Crippen molar-refractivity contribution in [3.8, 4) is 0 Å². The van der Waals surface area contributed by atoms with Gasteiger partial charge in [0.05, 0.1) is 18.0 Å². The largest absolute Gasteiger partial charge is 0.370 e. The Labute approximate surface area is 152 Å². The lowest BCUT2D eigenvalue weighted by molar-refractivity contribution is -0.0226. The molecule has 1 aromatic carbocycles. The van der Waals surface area contributed by atoms with Crippen LogP contribution in [0.4, 0.5) is 4.39 Å². The maximum absolute atomic E-state index is 13.1. The third-order valence-electron chi connectivity index (χ3n) is 4.56. The quantitative estimate of drug-likeness (QED) is 0.778. The number of nitrogens with zero attached hydrogens (tertiary/aromatic N) is 1. The van der Waals surface area contributed by atoms with Gasteiger partial charge in [-0.2, -0.15) is 0 Å². The third kappa shape index (κ3) is 4.10. The topological polar surface area (TPSA) is 29.5 Å². The molecule has 3 rings (SSSR count). The van der Waals surface area contributed by atoms with Crippen LogP contribution in [0.3, 0.4) is 0 Å². The normalized spacial score (nSPS) is 17.7. The van der Waals surface area contributed by atoms with Crippen molar-refractivity contribution >= 4 is 17.2 Å². The highest BCUT2D eigenvalue weighted by Gasteiger charge is 2.27. The molecule has 134 valence electrons. The second-order valence-electron chi connectivity index (χ2n) is 6.32. The number of thiophene rings is 1. The van der Waals surface area contributed by atoms with Crippen LogP contribution in [0.25, 0.3) is 0 Å². The Kier molecular flexibility index (Phi) is 5.86. The number of carbonyl (C=O) groups is 1. The molecule has 3 nitrogen and oxygen atoms in total. The van der Waals surface area contributed by atoms with Crippen LogP contribution in [0.5, 0.6) is 0 Å². The number of carbonyl (C=O) groups excluding carboxylic acids is 1. The van der Waals surface area contributed by atoms with Crippen molar-refractivity contribution in [2.45, 2.75) is 39.2 Å². The number of halogens is 1. The lowest BCUT2D eigenvalue weighted by Gasteiger charge is -2.33. The monoisotopic (exact) mass is 361 g/mol. The molecule has 1 atom stereocenters. The van der Waals surface area contributed by atoms with Gasteiger partial charge in [-0.05, 0) is 42.2 Å². The van der Waals surface area contributed by atoms with Gasteiger partial charge < -0.3 is 9.64 Å². The zero-order valence-corrected chi connectivity index (χ0v) is 15.6. The predicted molar refractivity (Wildman–Crippen MR) is 98.7 cm³/mol. The molecule has 0 N–H and O–H groups in total. The molecule has 2 aromatic rings. The minimum Gasteiger partial charge on any atom is -0.370 e. The Morgan fingerprint density at radius 2 is 2.08 bits per heavy atom. The van der Waals surface area contributed by atoms with Gasteiger partial charge in [-0.25, -0.2) is 4.39 Å². The summed E-state index contributed by atoms with van der Waals surface area (Å²) in [5.41, 5.74) is 2.20. The molecular formula is C20H24FNO2S. The minimum absolute atomic E-state index is 0.0810. The van der Waals surface area contributed by atoms with Crippen molar-refractivity contribution in [2.24, 2.45) is 0 Å². The molecule has 0 aliphatic carbocycles. The molecule has 2 heterocycles. The molecular weight excluding hydrogens is 337 g/mol. The fraction of sp³-hybridized carbons (Fsp3) is 0.450. The molecule has 1 aliphatic heterocycles. The fourth-order valence-corrected chi connectivity index (χ4v) is 4.50.